The molecule has 0 amide bonds. The van der Waals surface area contributed by atoms with E-state index in [1.165, 1.54) is 25.7 Å². The highest BCUT2D eigenvalue weighted by Gasteiger charge is 2.71. The first-order valence-corrected chi connectivity index (χ1v) is 15.0. The summed E-state index contributed by atoms with van der Waals surface area (Å²) in [7, 11) is 3.56. The number of ether oxygens (including phenoxy) is 4. The molecule has 5 nitrogen and oxygen atoms in total. The van der Waals surface area contributed by atoms with Crippen LogP contribution in [-0.2, 0) is 18.9 Å². The van der Waals surface area contributed by atoms with Crippen molar-refractivity contribution in [3.63, 3.8) is 0 Å². The molecule has 0 bridgehead atoms. The van der Waals surface area contributed by atoms with Gasteiger partial charge < -0.3 is 24.1 Å². The second kappa shape index (κ2) is 8.06. The molecule has 6 rings (SSSR count). The quantitative estimate of drug-likeness (QED) is 0.342. The SMILES string of the molecule is COC1O[C@@](OC)(C2OC2(C)C)C[C@H]1[C@@H]1CC[C@]2(C)C3=CC[C@H]4C(C)(C)C(O)CC[C@]4(C)[C@H]3CC[C@@]12C. The lowest BCUT2D eigenvalue weighted by Crippen LogP contribution is -2.58. The molecule has 2 saturated heterocycles. The van der Waals surface area contributed by atoms with Crippen LogP contribution in [-0.4, -0.2) is 49.2 Å². The third kappa shape index (κ3) is 3.33. The van der Waals surface area contributed by atoms with Crippen LogP contribution in [0, 0.1) is 45.3 Å². The van der Waals surface area contributed by atoms with Gasteiger partial charge in [-0.15, -0.1) is 0 Å². The smallest absolute Gasteiger partial charge is 0.200 e. The van der Waals surface area contributed by atoms with E-state index in [4.69, 9.17) is 18.9 Å². The number of fused-ring (bicyclic) bond motifs is 5. The third-order valence-electron chi connectivity index (χ3n) is 13.6. The van der Waals surface area contributed by atoms with E-state index in [-0.39, 0.29) is 45.8 Å². The lowest BCUT2D eigenvalue weighted by molar-refractivity contribution is -0.268. The van der Waals surface area contributed by atoms with Gasteiger partial charge in [-0.1, -0.05) is 46.3 Å². The van der Waals surface area contributed by atoms with Gasteiger partial charge in [-0.2, -0.15) is 0 Å². The molecule has 4 aliphatic carbocycles. The van der Waals surface area contributed by atoms with Crippen LogP contribution >= 0.6 is 0 Å². The van der Waals surface area contributed by atoms with Crippen LogP contribution in [0.25, 0.3) is 0 Å². The number of aliphatic hydroxyl groups excluding tert-OH is 1. The van der Waals surface area contributed by atoms with E-state index < -0.39 is 5.79 Å². The van der Waals surface area contributed by atoms with E-state index in [1.54, 1.807) is 19.8 Å². The van der Waals surface area contributed by atoms with Gasteiger partial charge in [-0.3, -0.25) is 0 Å². The van der Waals surface area contributed by atoms with Crippen molar-refractivity contribution in [3.05, 3.63) is 11.6 Å². The predicted molar refractivity (Wildman–Crippen MR) is 144 cm³/mol. The Morgan fingerprint density at radius 2 is 1.62 bits per heavy atom. The number of allylic oxidation sites excluding steroid dienone is 2. The Kier molecular flexibility index (Phi) is 5.82. The molecule has 0 spiro atoms. The highest BCUT2D eigenvalue weighted by molar-refractivity contribution is 5.33. The molecule has 2 aliphatic heterocycles. The third-order valence-corrected chi connectivity index (χ3v) is 13.6. The molecule has 1 N–H and O–H groups in total. The Balaban J connectivity index is 1.32. The minimum Gasteiger partial charge on any atom is -0.393 e. The monoisotopic (exact) mass is 516 g/mol. The van der Waals surface area contributed by atoms with Crippen LogP contribution in [0.5, 0.6) is 0 Å². The van der Waals surface area contributed by atoms with Gasteiger partial charge >= 0.3 is 0 Å². The van der Waals surface area contributed by atoms with Crippen molar-refractivity contribution in [2.75, 3.05) is 14.2 Å². The van der Waals surface area contributed by atoms with Gasteiger partial charge in [-0.25, -0.2) is 0 Å². The van der Waals surface area contributed by atoms with Crippen LogP contribution in [0.3, 0.4) is 0 Å². The molecule has 210 valence electrons. The lowest BCUT2D eigenvalue weighted by Gasteiger charge is -2.64. The zero-order chi connectivity index (χ0) is 26.8. The van der Waals surface area contributed by atoms with Gasteiger partial charge in [-0.05, 0) is 98.2 Å². The van der Waals surface area contributed by atoms with Crippen molar-refractivity contribution >= 4 is 0 Å². The Morgan fingerprint density at radius 1 is 0.919 bits per heavy atom. The Labute approximate surface area is 225 Å². The van der Waals surface area contributed by atoms with Crippen LogP contribution in [0.15, 0.2) is 11.6 Å². The molecule has 37 heavy (non-hydrogen) atoms. The number of aliphatic hydroxyl groups is 1. The van der Waals surface area contributed by atoms with Crippen molar-refractivity contribution in [2.24, 2.45) is 45.3 Å². The normalized spacial score (nSPS) is 55.7. The van der Waals surface area contributed by atoms with E-state index in [9.17, 15) is 5.11 Å². The topological polar surface area (TPSA) is 60.5 Å². The lowest BCUT2D eigenvalue weighted by atomic mass is 9.41. The van der Waals surface area contributed by atoms with Crippen molar-refractivity contribution in [2.45, 2.75) is 130 Å². The largest absolute Gasteiger partial charge is 0.393 e. The fraction of sp³-hybridized carbons (Fsp3) is 0.938. The van der Waals surface area contributed by atoms with E-state index in [0.29, 0.717) is 23.7 Å². The Bertz CT molecular complexity index is 972. The standard InChI is InChI=1S/C32H52O5/c1-27(2)23-11-10-22-21(29(23,5)15-14-24(27)33)13-17-30(6)20(12-16-31(22,30)7)19-18-32(35-9,36-25(19)34-8)26-28(3,4)37-26/h10,19-21,23-26,33H,11-18H2,1-9H3/t19-,20-,21-,23-,24?,25?,26?,29+,30-,31+,32+/m0/s1. The van der Waals surface area contributed by atoms with E-state index in [0.717, 1.165) is 25.7 Å². The fourth-order valence-corrected chi connectivity index (χ4v) is 11.0. The van der Waals surface area contributed by atoms with Crippen molar-refractivity contribution in [1.82, 2.24) is 0 Å². The maximum atomic E-state index is 10.9. The highest BCUT2D eigenvalue weighted by atomic mass is 16.8. The van der Waals surface area contributed by atoms with Crippen molar-refractivity contribution in [1.29, 1.82) is 0 Å². The fourth-order valence-electron chi connectivity index (χ4n) is 11.0. The molecule has 5 fully saturated rings. The maximum Gasteiger partial charge on any atom is 0.200 e. The summed E-state index contributed by atoms with van der Waals surface area (Å²) in [6.07, 6.45) is 11.1. The second-order valence-corrected chi connectivity index (χ2v) is 15.5. The van der Waals surface area contributed by atoms with Crippen molar-refractivity contribution in [3.8, 4) is 0 Å². The van der Waals surface area contributed by atoms with E-state index in [1.807, 2.05) is 0 Å². The van der Waals surface area contributed by atoms with E-state index >= 15 is 0 Å². The summed E-state index contributed by atoms with van der Waals surface area (Å²) in [5, 5.41) is 10.9. The summed E-state index contributed by atoms with van der Waals surface area (Å²) in [6, 6.07) is 0. The van der Waals surface area contributed by atoms with E-state index in [2.05, 4.69) is 54.5 Å². The van der Waals surface area contributed by atoms with Crippen LogP contribution in [0.1, 0.15) is 99.8 Å². The first-order chi connectivity index (χ1) is 17.2. The number of epoxide rings is 1. The summed E-state index contributed by atoms with van der Waals surface area (Å²) in [5.41, 5.74) is 2.19. The molecule has 2 heterocycles. The van der Waals surface area contributed by atoms with Gasteiger partial charge in [0.05, 0.1) is 11.7 Å². The van der Waals surface area contributed by atoms with Crippen LogP contribution in [0.4, 0.5) is 0 Å². The molecular formula is C32H52O5. The minimum atomic E-state index is -0.722. The number of hydrogen-bond acceptors (Lipinski definition) is 5. The molecule has 0 radical (unpaired) electrons. The van der Waals surface area contributed by atoms with Crippen LogP contribution in [0.2, 0.25) is 0 Å². The van der Waals surface area contributed by atoms with Crippen LogP contribution < -0.4 is 0 Å². The molecule has 11 atom stereocenters. The van der Waals surface area contributed by atoms with Gasteiger partial charge in [0.1, 0.15) is 6.10 Å². The first-order valence-electron chi connectivity index (χ1n) is 15.0. The molecular weight excluding hydrogens is 464 g/mol. The molecule has 3 saturated carbocycles. The van der Waals surface area contributed by atoms with Crippen molar-refractivity contribution < 1.29 is 24.1 Å². The van der Waals surface area contributed by atoms with Gasteiger partial charge in [0, 0.05) is 26.6 Å². The van der Waals surface area contributed by atoms with Gasteiger partial charge in [0.25, 0.3) is 0 Å². The second-order valence-electron chi connectivity index (χ2n) is 15.5. The zero-order valence-corrected chi connectivity index (χ0v) is 24.9. The minimum absolute atomic E-state index is 0.0239. The number of methoxy groups -OCH3 is 2. The zero-order valence-electron chi connectivity index (χ0n) is 24.9. The summed E-state index contributed by atoms with van der Waals surface area (Å²) in [5.74, 6) is 1.28. The summed E-state index contributed by atoms with van der Waals surface area (Å²) in [6.45, 7) is 16.6. The summed E-state index contributed by atoms with van der Waals surface area (Å²) >= 11 is 0. The predicted octanol–water partition coefficient (Wildman–Crippen LogP) is 6.48. The summed E-state index contributed by atoms with van der Waals surface area (Å²) in [4.78, 5) is 0. The molecule has 6 aliphatic rings. The van der Waals surface area contributed by atoms with Gasteiger partial charge in [0.15, 0.2) is 6.29 Å². The summed E-state index contributed by atoms with van der Waals surface area (Å²) < 4.78 is 24.8. The number of hydrogen-bond donors (Lipinski definition) is 1. The highest BCUT2D eigenvalue weighted by Crippen LogP contribution is 2.74. The average Bonchev–Trinajstić information content (AvgIpc) is 3.20. The molecule has 0 aromatic carbocycles. The molecule has 3 unspecified atom stereocenters. The molecule has 5 heteroatoms. The maximum absolute atomic E-state index is 10.9. The first kappa shape index (κ1) is 26.7. The Hall–Kier alpha value is -0.460. The van der Waals surface area contributed by atoms with Gasteiger partial charge in [0.2, 0.25) is 5.79 Å². The average molecular weight is 517 g/mol. The molecule has 0 aromatic rings. The number of rotatable bonds is 4. The Morgan fingerprint density at radius 3 is 2.24 bits per heavy atom. The molecule has 0 aromatic heterocycles.